The summed E-state index contributed by atoms with van der Waals surface area (Å²) in [7, 11) is 1.63. The summed E-state index contributed by atoms with van der Waals surface area (Å²) >= 11 is 0. The van der Waals surface area contributed by atoms with Crippen molar-refractivity contribution < 1.29 is 19.0 Å². The van der Waals surface area contributed by atoms with Gasteiger partial charge in [0.2, 0.25) is 0 Å². The Bertz CT molecular complexity index is 864. The lowest BCUT2D eigenvalue weighted by Crippen LogP contribution is -2.16. The van der Waals surface area contributed by atoms with Gasteiger partial charge in [-0.15, -0.1) is 0 Å². The second kappa shape index (κ2) is 8.34. The lowest BCUT2D eigenvalue weighted by Gasteiger charge is -2.17. The van der Waals surface area contributed by atoms with Crippen LogP contribution in [-0.4, -0.2) is 19.7 Å². The number of rotatable bonds is 7. The first-order valence-electron chi connectivity index (χ1n) is 9.65. The molecule has 2 aromatic carbocycles. The minimum Gasteiger partial charge on any atom is -0.497 e. The first-order chi connectivity index (χ1) is 13.7. The van der Waals surface area contributed by atoms with E-state index in [1.165, 1.54) is 12.5 Å². The van der Waals surface area contributed by atoms with E-state index in [0.717, 1.165) is 29.2 Å². The second-order valence-corrected chi connectivity index (χ2v) is 7.35. The van der Waals surface area contributed by atoms with Gasteiger partial charge in [-0.25, -0.2) is 4.79 Å². The van der Waals surface area contributed by atoms with E-state index in [2.05, 4.69) is 12.2 Å². The number of fused-ring (bicyclic) bond motifs is 2. The monoisotopic (exact) mass is 376 g/mol. The fraction of sp³-hybridized carbons (Fsp3) is 0.292. The van der Waals surface area contributed by atoms with Crippen LogP contribution in [0.5, 0.6) is 17.2 Å². The first-order valence-corrected chi connectivity index (χ1v) is 9.65. The number of hydrogen-bond acceptors (Lipinski definition) is 4. The smallest absolute Gasteiger partial charge is 0.330 e. The molecule has 28 heavy (non-hydrogen) atoms. The van der Waals surface area contributed by atoms with Crippen LogP contribution in [-0.2, 0) is 9.53 Å². The molecule has 2 aromatic rings. The van der Waals surface area contributed by atoms with Gasteiger partial charge in [0.1, 0.15) is 17.2 Å². The van der Waals surface area contributed by atoms with Gasteiger partial charge in [-0.1, -0.05) is 24.3 Å². The molecule has 2 aliphatic rings. The van der Waals surface area contributed by atoms with E-state index >= 15 is 0 Å². The highest BCUT2D eigenvalue weighted by atomic mass is 16.5. The molecule has 0 spiro atoms. The normalized spacial score (nSPS) is 22.5. The SMILES string of the molecule is COc1ccc(Oc2ccc(C=CC(=O)OCC3CC4C=CC3C4)cc2)cc1. The summed E-state index contributed by atoms with van der Waals surface area (Å²) in [6.45, 7) is 0.517. The fourth-order valence-electron chi connectivity index (χ4n) is 3.91. The van der Waals surface area contributed by atoms with E-state index < -0.39 is 0 Å². The molecule has 0 radical (unpaired) electrons. The standard InChI is InChI=1S/C24H24O4/c1-26-21-9-11-23(12-10-21)28-22-7-3-17(4-8-22)5-13-24(25)27-16-20-15-18-2-6-19(20)14-18/h2-13,18-20H,14-16H2,1H3. The summed E-state index contributed by atoms with van der Waals surface area (Å²) < 4.78 is 16.4. The van der Waals surface area contributed by atoms with E-state index in [1.54, 1.807) is 13.2 Å². The van der Waals surface area contributed by atoms with E-state index in [9.17, 15) is 4.79 Å². The van der Waals surface area contributed by atoms with Crippen molar-refractivity contribution in [3.8, 4) is 17.2 Å². The van der Waals surface area contributed by atoms with Crippen molar-refractivity contribution in [3.05, 3.63) is 72.3 Å². The maximum Gasteiger partial charge on any atom is 0.330 e. The van der Waals surface area contributed by atoms with E-state index in [-0.39, 0.29) is 5.97 Å². The van der Waals surface area contributed by atoms with Gasteiger partial charge < -0.3 is 14.2 Å². The van der Waals surface area contributed by atoms with Crippen LogP contribution in [0.1, 0.15) is 18.4 Å². The Balaban J connectivity index is 1.26. The molecule has 2 aliphatic carbocycles. The third-order valence-electron chi connectivity index (χ3n) is 5.44. The Labute approximate surface area is 165 Å². The van der Waals surface area contributed by atoms with Gasteiger partial charge >= 0.3 is 5.97 Å². The summed E-state index contributed by atoms with van der Waals surface area (Å²) in [4.78, 5) is 12.0. The molecular weight excluding hydrogens is 352 g/mol. The highest BCUT2D eigenvalue weighted by Gasteiger charge is 2.35. The van der Waals surface area contributed by atoms with Crippen molar-refractivity contribution >= 4 is 12.0 Å². The zero-order chi connectivity index (χ0) is 19.3. The molecule has 1 fully saturated rings. The van der Waals surface area contributed by atoms with Gasteiger partial charge in [-0.05, 0) is 78.6 Å². The minimum atomic E-state index is -0.287. The predicted octanol–water partition coefficient (Wildman–Crippen LogP) is 5.26. The van der Waals surface area contributed by atoms with Gasteiger partial charge in [-0.2, -0.15) is 0 Å². The summed E-state index contributed by atoms with van der Waals surface area (Å²) in [5, 5.41) is 0. The summed E-state index contributed by atoms with van der Waals surface area (Å²) in [5.41, 5.74) is 0.918. The third-order valence-corrected chi connectivity index (χ3v) is 5.44. The molecule has 3 atom stereocenters. The third kappa shape index (κ3) is 4.45. The van der Waals surface area contributed by atoms with Crippen LogP contribution in [0.3, 0.4) is 0 Å². The molecule has 3 unspecified atom stereocenters. The average molecular weight is 376 g/mol. The van der Waals surface area contributed by atoms with Crippen molar-refractivity contribution in [1.82, 2.24) is 0 Å². The van der Waals surface area contributed by atoms with E-state index in [4.69, 9.17) is 14.2 Å². The number of esters is 1. The molecule has 1 saturated carbocycles. The molecule has 0 amide bonds. The van der Waals surface area contributed by atoms with Crippen LogP contribution < -0.4 is 9.47 Å². The van der Waals surface area contributed by atoms with Gasteiger partial charge in [0.05, 0.1) is 13.7 Å². The maximum absolute atomic E-state index is 12.0. The number of ether oxygens (including phenoxy) is 3. The van der Waals surface area contributed by atoms with Crippen LogP contribution in [0.4, 0.5) is 0 Å². The molecule has 0 aliphatic heterocycles. The van der Waals surface area contributed by atoms with Crippen LogP contribution >= 0.6 is 0 Å². The van der Waals surface area contributed by atoms with Crippen LogP contribution in [0.15, 0.2) is 66.8 Å². The number of hydrogen-bond donors (Lipinski definition) is 0. The zero-order valence-electron chi connectivity index (χ0n) is 15.9. The largest absolute Gasteiger partial charge is 0.497 e. The first kappa shape index (κ1) is 18.4. The summed E-state index contributed by atoms with van der Waals surface area (Å²) in [6.07, 6.45) is 10.2. The molecule has 0 aromatic heterocycles. The Hall–Kier alpha value is -3.01. The second-order valence-electron chi connectivity index (χ2n) is 7.35. The van der Waals surface area contributed by atoms with Crippen molar-refractivity contribution in [2.45, 2.75) is 12.8 Å². The van der Waals surface area contributed by atoms with Crippen molar-refractivity contribution in [3.63, 3.8) is 0 Å². The molecule has 0 N–H and O–H groups in total. The Kier molecular flexibility index (Phi) is 5.47. The van der Waals surface area contributed by atoms with Gasteiger partial charge in [0, 0.05) is 6.08 Å². The number of allylic oxidation sites excluding steroid dienone is 2. The van der Waals surface area contributed by atoms with Crippen molar-refractivity contribution in [2.24, 2.45) is 17.8 Å². The Morgan fingerprint density at radius 1 is 0.964 bits per heavy atom. The molecule has 144 valence electrons. The zero-order valence-corrected chi connectivity index (χ0v) is 15.9. The predicted molar refractivity (Wildman–Crippen MR) is 108 cm³/mol. The summed E-state index contributed by atoms with van der Waals surface area (Å²) in [5.74, 6) is 3.75. The number of benzene rings is 2. The lowest BCUT2D eigenvalue weighted by atomic mass is 9.95. The molecule has 0 heterocycles. The Morgan fingerprint density at radius 2 is 1.64 bits per heavy atom. The molecule has 4 nitrogen and oxygen atoms in total. The number of carbonyl (C=O) groups excluding carboxylic acids is 1. The highest BCUT2D eigenvalue weighted by molar-refractivity contribution is 5.87. The molecule has 4 rings (SSSR count). The molecule has 0 saturated heterocycles. The highest BCUT2D eigenvalue weighted by Crippen LogP contribution is 2.43. The van der Waals surface area contributed by atoms with Crippen molar-refractivity contribution in [2.75, 3.05) is 13.7 Å². The van der Waals surface area contributed by atoms with E-state index in [1.807, 2.05) is 48.5 Å². The lowest BCUT2D eigenvalue weighted by molar-refractivity contribution is -0.139. The molecular formula is C24H24O4. The maximum atomic E-state index is 12.0. The summed E-state index contributed by atoms with van der Waals surface area (Å²) in [6, 6.07) is 15.0. The average Bonchev–Trinajstić information content (AvgIpc) is 3.36. The molecule has 4 heteroatoms. The van der Waals surface area contributed by atoms with Crippen LogP contribution in [0.25, 0.3) is 6.08 Å². The number of methoxy groups -OCH3 is 1. The van der Waals surface area contributed by atoms with Gasteiger partial charge in [0.25, 0.3) is 0 Å². The quantitative estimate of drug-likeness (QED) is 0.376. The Morgan fingerprint density at radius 3 is 2.25 bits per heavy atom. The van der Waals surface area contributed by atoms with Gasteiger partial charge in [-0.3, -0.25) is 0 Å². The van der Waals surface area contributed by atoms with E-state index in [0.29, 0.717) is 24.4 Å². The van der Waals surface area contributed by atoms with Crippen LogP contribution in [0, 0.1) is 17.8 Å². The minimum absolute atomic E-state index is 0.287. The topological polar surface area (TPSA) is 44.8 Å². The van der Waals surface area contributed by atoms with Crippen molar-refractivity contribution in [1.29, 1.82) is 0 Å². The number of carbonyl (C=O) groups is 1. The fourth-order valence-corrected chi connectivity index (χ4v) is 3.91. The van der Waals surface area contributed by atoms with Crippen LogP contribution in [0.2, 0.25) is 0 Å². The van der Waals surface area contributed by atoms with Gasteiger partial charge in [0.15, 0.2) is 0 Å². The molecule has 2 bridgehead atoms.